The first-order valence-corrected chi connectivity index (χ1v) is 3.64. The Kier molecular flexibility index (Phi) is 2.12. The molecule has 1 rings (SSSR count). The average Bonchev–Trinajstić information content (AvgIpc) is 2.28. The molecule has 62 valence electrons. The van der Waals surface area contributed by atoms with Crippen molar-refractivity contribution in [3.8, 4) is 0 Å². The van der Waals surface area contributed by atoms with E-state index >= 15 is 0 Å². The zero-order valence-corrected chi connectivity index (χ0v) is 6.52. The molecule has 2 N–H and O–H groups in total. The summed E-state index contributed by atoms with van der Waals surface area (Å²) in [6.45, 7) is 2.44. The van der Waals surface area contributed by atoms with Gasteiger partial charge in [0, 0.05) is 13.0 Å². The number of hydrogen-bond acceptors (Lipinski definition) is 2. The normalized spacial score (nSPS) is 29.7. The van der Waals surface area contributed by atoms with Gasteiger partial charge in [-0.3, -0.25) is 9.59 Å². The van der Waals surface area contributed by atoms with E-state index in [1.54, 1.807) is 0 Å². The van der Waals surface area contributed by atoms with Gasteiger partial charge in [0.05, 0.1) is 5.54 Å². The molecule has 1 aliphatic heterocycles. The summed E-state index contributed by atoms with van der Waals surface area (Å²) < 4.78 is 0. The van der Waals surface area contributed by atoms with Gasteiger partial charge >= 0.3 is 0 Å². The standard InChI is InChI=1S/C7H12N2O2/c1-7(4-8-5-10)3-2-6(11)9-7/h5H,2-4H2,1H3,(H,8,10)(H,9,11). The molecule has 0 aliphatic carbocycles. The Hall–Kier alpha value is -1.06. The molecule has 0 spiro atoms. The molecule has 2 amide bonds. The molecule has 0 aromatic heterocycles. The van der Waals surface area contributed by atoms with Crippen molar-refractivity contribution in [2.75, 3.05) is 6.54 Å². The van der Waals surface area contributed by atoms with E-state index in [9.17, 15) is 9.59 Å². The van der Waals surface area contributed by atoms with Crippen LogP contribution in [0.5, 0.6) is 0 Å². The lowest BCUT2D eigenvalue weighted by atomic mass is 10.0. The molecule has 0 radical (unpaired) electrons. The number of carbonyl (C=O) groups is 2. The first kappa shape index (κ1) is 8.04. The molecule has 11 heavy (non-hydrogen) atoms. The molecule has 1 unspecified atom stereocenters. The second kappa shape index (κ2) is 2.90. The molecule has 1 saturated heterocycles. The zero-order chi connectivity index (χ0) is 8.32. The van der Waals surface area contributed by atoms with Gasteiger partial charge in [0.1, 0.15) is 0 Å². The zero-order valence-electron chi connectivity index (χ0n) is 6.52. The van der Waals surface area contributed by atoms with Gasteiger partial charge in [-0.1, -0.05) is 0 Å². The second-order valence-corrected chi connectivity index (χ2v) is 3.11. The van der Waals surface area contributed by atoms with Gasteiger partial charge in [0.2, 0.25) is 12.3 Å². The van der Waals surface area contributed by atoms with Crippen molar-refractivity contribution in [3.63, 3.8) is 0 Å². The van der Waals surface area contributed by atoms with Crippen molar-refractivity contribution in [1.29, 1.82) is 0 Å². The molecule has 1 aliphatic rings. The molecular weight excluding hydrogens is 144 g/mol. The third-order valence-electron chi connectivity index (χ3n) is 1.92. The van der Waals surface area contributed by atoms with Gasteiger partial charge < -0.3 is 10.6 Å². The van der Waals surface area contributed by atoms with Crippen LogP contribution in [-0.4, -0.2) is 24.4 Å². The van der Waals surface area contributed by atoms with Crippen LogP contribution in [0.1, 0.15) is 19.8 Å². The highest BCUT2D eigenvalue weighted by atomic mass is 16.2. The van der Waals surface area contributed by atoms with Gasteiger partial charge in [0.25, 0.3) is 0 Å². The Morgan fingerprint density at radius 1 is 1.82 bits per heavy atom. The maximum Gasteiger partial charge on any atom is 0.220 e. The summed E-state index contributed by atoms with van der Waals surface area (Å²) in [6.07, 6.45) is 2.01. The predicted octanol–water partition coefficient (Wildman–Crippen LogP) is -0.599. The summed E-state index contributed by atoms with van der Waals surface area (Å²) in [6, 6.07) is 0. The molecule has 4 nitrogen and oxygen atoms in total. The van der Waals surface area contributed by atoms with Crippen molar-refractivity contribution in [2.24, 2.45) is 0 Å². The maximum atomic E-state index is 10.8. The van der Waals surface area contributed by atoms with Crippen molar-refractivity contribution >= 4 is 12.3 Å². The first-order valence-electron chi connectivity index (χ1n) is 3.64. The van der Waals surface area contributed by atoms with Crippen LogP contribution >= 0.6 is 0 Å². The monoisotopic (exact) mass is 156 g/mol. The molecule has 0 aromatic carbocycles. The van der Waals surface area contributed by atoms with Crippen LogP contribution in [-0.2, 0) is 9.59 Å². The van der Waals surface area contributed by atoms with E-state index in [-0.39, 0.29) is 11.4 Å². The van der Waals surface area contributed by atoms with Gasteiger partial charge in [0.15, 0.2) is 0 Å². The summed E-state index contributed by atoms with van der Waals surface area (Å²) in [5.74, 6) is 0.0696. The Balaban J connectivity index is 2.41. The van der Waals surface area contributed by atoms with Crippen molar-refractivity contribution < 1.29 is 9.59 Å². The third kappa shape index (κ3) is 1.93. The van der Waals surface area contributed by atoms with Gasteiger partial charge in [-0.15, -0.1) is 0 Å². The first-order chi connectivity index (χ1) is 5.16. The Morgan fingerprint density at radius 3 is 3.00 bits per heavy atom. The van der Waals surface area contributed by atoms with E-state index in [2.05, 4.69) is 10.6 Å². The fourth-order valence-corrected chi connectivity index (χ4v) is 1.25. The minimum Gasteiger partial charge on any atom is -0.356 e. The smallest absolute Gasteiger partial charge is 0.220 e. The third-order valence-corrected chi connectivity index (χ3v) is 1.92. The summed E-state index contributed by atoms with van der Waals surface area (Å²) >= 11 is 0. The van der Waals surface area contributed by atoms with Gasteiger partial charge in [-0.25, -0.2) is 0 Å². The van der Waals surface area contributed by atoms with E-state index < -0.39 is 0 Å². The molecule has 0 bridgehead atoms. The van der Waals surface area contributed by atoms with Crippen LogP contribution in [0, 0.1) is 0 Å². The van der Waals surface area contributed by atoms with Crippen LogP contribution in [0.4, 0.5) is 0 Å². The Morgan fingerprint density at radius 2 is 2.55 bits per heavy atom. The van der Waals surface area contributed by atoms with Gasteiger partial charge in [-0.05, 0) is 13.3 Å². The van der Waals surface area contributed by atoms with E-state index in [1.807, 2.05) is 6.92 Å². The number of rotatable bonds is 3. The molecule has 1 atom stereocenters. The van der Waals surface area contributed by atoms with Crippen LogP contribution < -0.4 is 10.6 Å². The fraction of sp³-hybridized carbons (Fsp3) is 0.714. The highest BCUT2D eigenvalue weighted by molar-refractivity contribution is 5.79. The average molecular weight is 156 g/mol. The summed E-state index contributed by atoms with van der Waals surface area (Å²) in [5.41, 5.74) is -0.224. The molecule has 4 heteroatoms. The van der Waals surface area contributed by atoms with E-state index in [4.69, 9.17) is 0 Å². The number of carbonyl (C=O) groups excluding carboxylic acids is 2. The Bertz CT molecular complexity index is 181. The van der Waals surface area contributed by atoms with E-state index in [0.717, 1.165) is 6.42 Å². The second-order valence-electron chi connectivity index (χ2n) is 3.11. The lowest BCUT2D eigenvalue weighted by Gasteiger charge is -2.22. The molecule has 0 saturated carbocycles. The summed E-state index contributed by atoms with van der Waals surface area (Å²) in [4.78, 5) is 20.8. The van der Waals surface area contributed by atoms with E-state index in [0.29, 0.717) is 19.4 Å². The SMILES string of the molecule is CC1(CNC=O)CCC(=O)N1. The van der Waals surface area contributed by atoms with Crippen molar-refractivity contribution in [1.82, 2.24) is 10.6 Å². The van der Waals surface area contributed by atoms with E-state index in [1.165, 1.54) is 0 Å². The quantitative estimate of drug-likeness (QED) is 0.536. The summed E-state index contributed by atoms with van der Waals surface area (Å²) in [7, 11) is 0. The van der Waals surface area contributed by atoms with Crippen LogP contribution in [0.2, 0.25) is 0 Å². The number of amides is 2. The fourth-order valence-electron chi connectivity index (χ4n) is 1.25. The number of nitrogens with one attached hydrogen (secondary N) is 2. The minimum atomic E-state index is -0.224. The van der Waals surface area contributed by atoms with Crippen molar-refractivity contribution in [3.05, 3.63) is 0 Å². The lowest BCUT2D eigenvalue weighted by Crippen LogP contribution is -2.46. The minimum absolute atomic E-state index is 0.0696. The molecule has 1 fully saturated rings. The van der Waals surface area contributed by atoms with Crippen LogP contribution in [0.25, 0.3) is 0 Å². The highest BCUT2D eigenvalue weighted by Gasteiger charge is 2.32. The Labute approximate surface area is 65.3 Å². The summed E-state index contributed by atoms with van der Waals surface area (Å²) in [5, 5.41) is 5.36. The number of hydrogen-bond donors (Lipinski definition) is 2. The highest BCUT2D eigenvalue weighted by Crippen LogP contribution is 2.17. The topological polar surface area (TPSA) is 58.2 Å². The van der Waals surface area contributed by atoms with Crippen molar-refractivity contribution in [2.45, 2.75) is 25.3 Å². The van der Waals surface area contributed by atoms with Gasteiger partial charge in [-0.2, -0.15) is 0 Å². The van der Waals surface area contributed by atoms with Crippen LogP contribution in [0.15, 0.2) is 0 Å². The molecule has 1 heterocycles. The predicted molar refractivity (Wildman–Crippen MR) is 39.8 cm³/mol. The maximum absolute atomic E-state index is 10.8. The molecular formula is C7H12N2O2. The largest absolute Gasteiger partial charge is 0.356 e. The molecule has 0 aromatic rings. The lowest BCUT2D eigenvalue weighted by molar-refractivity contribution is -0.120. The van der Waals surface area contributed by atoms with Crippen LogP contribution in [0.3, 0.4) is 0 Å².